The number of halogens is 1. The molecule has 0 N–H and O–H groups in total. The predicted molar refractivity (Wildman–Crippen MR) is 72.7 cm³/mol. The maximum absolute atomic E-state index is 11.5. The van der Waals surface area contributed by atoms with Crippen molar-refractivity contribution in [2.24, 2.45) is 0 Å². The van der Waals surface area contributed by atoms with Crippen molar-refractivity contribution in [1.29, 1.82) is 0 Å². The molecule has 4 nitrogen and oxygen atoms in total. The van der Waals surface area contributed by atoms with Gasteiger partial charge in [-0.1, -0.05) is 29.5 Å². The van der Waals surface area contributed by atoms with Gasteiger partial charge in [-0.05, 0) is 30.7 Å². The van der Waals surface area contributed by atoms with Crippen molar-refractivity contribution in [1.82, 2.24) is 0 Å². The van der Waals surface area contributed by atoms with Crippen LogP contribution in [0.1, 0.15) is 13.3 Å². The van der Waals surface area contributed by atoms with Crippen LogP contribution in [0.25, 0.3) is 0 Å². The van der Waals surface area contributed by atoms with Gasteiger partial charge < -0.3 is 14.2 Å². The summed E-state index contributed by atoms with van der Waals surface area (Å²) in [6.45, 7) is 2.14. The minimum atomic E-state index is -0.223. The van der Waals surface area contributed by atoms with Crippen molar-refractivity contribution in [3.05, 3.63) is 24.3 Å². The van der Waals surface area contributed by atoms with E-state index in [1.54, 1.807) is 31.4 Å². The summed E-state index contributed by atoms with van der Waals surface area (Å²) in [5.74, 6) is 0.974. The third-order valence-corrected chi connectivity index (χ3v) is 3.39. The second kappa shape index (κ2) is 7.50. The number of methoxy groups -OCH3 is 1. The van der Waals surface area contributed by atoms with Crippen LogP contribution in [0.5, 0.6) is 11.5 Å². The Hall–Kier alpha value is -0.820. The lowest BCUT2D eigenvalue weighted by Crippen LogP contribution is -2.19. The van der Waals surface area contributed by atoms with Gasteiger partial charge in [0.05, 0.1) is 0 Å². The van der Waals surface area contributed by atoms with Crippen LogP contribution in [-0.4, -0.2) is 23.8 Å². The number of carbonyl (C=O) groups excluding carboxylic acids is 1. The third-order valence-electron chi connectivity index (χ3n) is 2.00. The Balaban J connectivity index is 2.53. The van der Waals surface area contributed by atoms with E-state index in [2.05, 4.69) is 22.6 Å². The van der Waals surface area contributed by atoms with Crippen LogP contribution in [0.3, 0.4) is 0 Å². The van der Waals surface area contributed by atoms with Crippen LogP contribution in [-0.2, 0) is 9.53 Å². The summed E-state index contributed by atoms with van der Waals surface area (Å²) < 4.78 is 15.1. The number of alkyl halides is 1. The maximum atomic E-state index is 11.5. The van der Waals surface area contributed by atoms with E-state index in [0.29, 0.717) is 11.5 Å². The average molecular weight is 350 g/mol. The molecule has 1 rings (SSSR count). The van der Waals surface area contributed by atoms with Crippen molar-refractivity contribution in [3.63, 3.8) is 0 Å². The maximum Gasteiger partial charge on any atom is 0.324 e. The van der Waals surface area contributed by atoms with Gasteiger partial charge in [0.15, 0.2) is 6.79 Å². The van der Waals surface area contributed by atoms with E-state index in [9.17, 15) is 4.79 Å². The number of benzene rings is 1. The molecule has 0 fully saturated rings. The molecule has 0 aliphatic carbocycles. The average Bonchev–Trinajstić information content (AvgIpc) is 2.37. The van der Waals surface area contributed by atoms with Crippen molar-refractivity contribution in [3.8, 4) is 11.5 Å². The van der Waals surface area contributed by atoms with Gasteiger partial charge >= 0.3 is 5.97 Å². The van der Waals surface area contributed by atoms with Gasteiger partial charge in [0.25, 0.3) is 0 Å². The number of esters is 1. The molecule has 1 aromatic carbocycles. The molecule has 0 spiro atoms. The zero-order chi connectivity index (χ0) is 12.7. The number of hydrogen-bond donors (Lipinski definition) is 0. The lowest BCUT2D eigenvalue weighted by molar-refractivity contribution is -0.133. The topological polar surface area (TPSA) is 44.8 Å². The normalized spacial score (nSPS) is 11.9. The molecule has 0 radical (unpaired) electrons. The Labute approximate surface area is 114 Å². The molecule has 1 atom stereocenters. The first-order chi connectivity index (χ1) is 8.17. The van der Waals surface area contributed by atoms with Crippen LogP contribution in [0, 0.1) is 0 Å². The monoisotopic (exact) mass is 350 g/mol. The molecule has 94 valence electrons. The van der Waals surface area contributed by atoms with Gasteiger partial charge in [-0.25, -0.2) is 0 Å². The number of hydrogen-bond acceptors (Lipinski definition) is 4. The summed E-state index contributed by atoms with van der Waals surface area (Å²) in [6.07, 6.45) is 0.758. The van der Waals surface area contributed by atoms with E-state index in [1.807, 2.05) is 6.92 Å². The molecule has 0 amide bonds. The van der Waals surface area contributed by atoms with Crippen molar-refractivity contribution in [2.45, 2.75) is 17.3 Å². The van der Waals surface area contributed by atoms with E-state index in [-0.39, 0.29) is 16.7 Å². The largest absolute Gasteiger partial charge is 0.468 e. The SMILES string of the molecule is CCC(I)C(=O)Oc1ccc(OCOC)cc1. The highest BCUT2D eigenvalue weighted by Crippen LogP contribution is 2.19. The standard InChI is InChI=1S/C12H15IO4/c1-3-11(13)12(14)17-10-6-4-9(5-7-10)16-8-15-2/h4-7,11H,3,8H2,1-2H3. The van der Waals surface area contributed by atoms with E-state index >= 15 is 0 Å². The van der Waals surface area contributed by atoms with Gasteiger partial charge in [0, 0.05) is 7.11 Å². The second-order valence-electron chi connectivity index (χ2n) is 3.32. The third kappa shape index (κ3) is 4.91. The fourth-order valence-corrected chi connectivity index (χ4v) is 1.20. The molecule has 0 aromatic heterocycles. The molecule has 0 aliphatic rings. The van der Waals surface area contributed by atoms with E-state index in [4.69, 9.17) is 14.2 Å². The predicted octanol–water partition coefficient (Wildman–Crippen LogP) is 2.79. The van der Waals surface area contributed by atoms with Gasteiger partial charge in [-0.3, -0.25) is 4.79 Å². The molecule has 1 unspecified atom stereocenters. The molecule has 0 aliphatic heterocycles. The number of carbonyl (C=O) groups is 1. The highest BCUT2D eigenvalue weighted by atomic mass is 127. The Morgan fingerprint density at radius 3 is 2.41 bits per heavy atom. The van der Waals surface area contributed by atoms with Gasteiger partial charge in [-0.15, -0.1) is 0 Å². The van der Waals surface area contributed by atoms with Crippen LogP contribution < -0.4 is 9.47 Å². The van der Waals surface area contributed by atoms with Crippen LogP contribution >= 0.6 is 22.6 Å². The van der Waals surface area contributed by atoms with Crippen molar-refractivity contribution >= 4 is 28.6 Å². The summed E-state index contributed by atoms with van der Waals surface area (Å²) in [5.41, 5.74) is 0. The van der Waals surface area contributed by atoms with Crippen LogP contribution in [0.15, 0.2) is 24.3 Å². The fourth-order valence-electron chi connectivity index (χ4n) is 1.08. The molecular formula is C12H15IO4. The summed E-state index contributed by atoms with van der Waals surface area (Å²) in [6, 6.07) is 6.86. The lowest BCUT2D eigenvalue weighted by Gasteiger charge is -2.08. The molecule has 5 heteroatoms. The molecule has 0 bridgehead atoms. The first-order valence-corrected chi connectivity index (χ1v) is 6.49. The second-order valence-corrected chi connectivity index (χ2v) is 4.82. The molecule has 17 heavy (non-hydrogen) atoms. The van der Waals surface area contributed by atoms with Crippen molar-refractivity contribution < 1.29 is 19.0 Å². The minimum Gasteiger partial charge on any atom is -0.468 e. The van der Waals surface area contributed by atoms with Crippen molar-refractivity contribution in [2.75, 3.05) is 13.9 Å². The highest BCUT2D eigenvalue weighted by molar-refractivity contribution is 14.1. The van der Waals surface area contributed by atoms with E-state index < -0.39 is 0 Å². The zero-order valence-electron chi connectivity index (χ0n) is 9.81. The molecule has 0 saturated carbocycles. The smallest absolute Gasteiger partial charge is 0.324 e. The Bertz CT molecular complexity index is 350. The Morgan fingerprint density at radius 1 is 1.29 bits per heavy atom. The zero-order valence-corrected chi connectivity index (χ0v) is 12.0. The van der Waals surface area contributed by atoms with E-state index in [1.165, 1.54) is 0 Å². The summed E-state index contributed by atoms with van der Waals surface area (Å²) in [5, 5.41) is 0. The van der Waals surface area contributed by atoms with Gasteiger partial charge in [0.2, 0.25) is 0 Å². The fraction of sp³-hybridized carbons (Fsp3) is 0.417. The number of rotatable bonds is 6. The van der Waals surface area contributed by atoms with Gasteiger partial charge in [0.1, 0.15) is 15.4 Å². The Kier molecular flexibility index (Phi) is 6.28. The Morgan fingerprint density at radius 2 is 1.88 bits per heavy atom. The lowest BCUT2D eigenvalue weighted by atomic mass is 10.3. The molecular weight excluding hydrogens is 335 g/mol. The van der Waals surface area contributed by atoms with E-state index in [0.717, 1.165) is 6.42 Å². The minimum absolute atomic E-state index is 0.114. The summed E-state index contributed by atoms with van der Waals surface area (Å²) >= 11 is 2.07. The summed E-state index contributed by atoms with van der Waals surface area (Å²) in [7, 11) is 1.56. The quantitative estimate of drug-likeness (QED) is 0.260. The number of ether oxygens (including phenoxy) is 3. The molecule has 0 saturated heterocycles. The van der Waals surface area contributed by atoms with Crippen LogP contribution in [0.4, 0.5) is 0 Å². The first-order valence-electron chi connectivity index (χ1n) is 5.25. The van der Waals surface area contributed by atoms with Crippen LogP contribution in [0.2, 0.25) is 0 Å². The van der Waals surface area contributed by atoms with Gasteiger partial charge in [-0.2, -0.15) is 0 Å². The highest BCUT2D eigenvalue weighted by Gasteiger charge is 2.14. The molecule has 0 heterocycles. The summed E-state index contributed by atoms with van der Waals surface area (Å²) in [4.78, 5) is 11.5. The molecule has 1 aromatic rings. The first kappa shape index (κ1) is 14.2.